The fraction of sp³-hybridized carbons (Fsp3) is 1.00. The van der Waals surface area contributed by atoms with Crippen LogP contribution >= 0.6 is 0 Å². The lowest BCUT2D eigenvalue weighted by Gasteiger charge is -2.22. The van der Waals surface area contributed by atoms with Crippen molar-refractivity contribution < 1.29 is 0 Å². The minimum Gasteiger partial charge on any atom is -0.303 e. The Hall–Kier alpha value is -0.0400. The van der Waals surface area contributed by atoms with Crippen LogP contribution in [0.25, 0.3) is 0 Å². The third-order valence-electron chi connectivity index (χ3n) is 7.98. The Morgan fingerprint density at radius 3 is 0.600 bits per heavy atom. The topological polar surface area (TPSA) is 3.24 Å². The van der Waals surface area contributed by atoms with Crippen molar-refractivity contribution >= 4 is 0 Å². The summed E-state index contributed by atoms with van der Waals surface area (Å²) in [7, 11) is 0. The zero-order valence-corrected chi connectivity index (χ0v) is 25.4. The molecule has 0 aliphatic rings. The van der Waals surface area contributed by atoms with E-state index in [4.69, 9.17) is 0 Å². The Kier molecular flexibility index (Phi) is 32.0. The lowest BCUT2D eigenvalue weighted by atomic mass is 10.1. The molecule has 0 radical (unpaired) electrons. The zero-order valence-electron chi connectivity index (χ0n) is 25.4. The summed E-state index contributed by atoms with van der Waals surface area (Å²) < 4.78 is 0. The maximum absolute atomic E-state index is 2.84. The lowest BCUT2D eigenvalue weighted by molar-refractivity contribution is 0.254. The van der Waals surface area contributed by atoms with Gasteiger partial charge < -0.3 is 4.90 Å². The number of hydrogen-bond donors (Lipinski definition) is 0. The zero-order chi connectivity index (χ0) is 25.5. The molecular formula is C34H71N. The number of hydrogen-bond acceptors (Lipinski definition) is 1. The van der Waals surface area contributed by atoms with Gasteiger partial charge in [-0.05, 0) is 38.9 Å². The van der Waals surface area contributed by atoms with Crippen LogP contribution in [-0.4, -0.2) is 24.5 Å². The van der Waals surface area contributed by atoms with Crippen molar-refractivity contribution in [2.75, 3.05) is 19.6 Å². The second-order valence-corrected chi connectivity index (χ2v) is 11.7. The van der Waals surface area contributed by atoms with E-state index >= 15 is 0 Å². The van der Waals surface area contributed by atoms with E-state index in [1.807, 2.05) is 0 Å². The van der Waals surface area contributed by atoms with Crippen LogP contribution in [0.4, 0.5) is 0 Å². The van der Waals surface area contributed by atoms with Crippen molar-refractivity contribution in [2.45, 2.75) is 201 Å². The van der Waals surface area contributed by atoms with E-state index in [0.29, 0.717) is 0 Å². The van der Waals surface area contributed by atoms with Gasteiger partial charge in [0.25, 0.3) is 0 Å². The molecular weight excluding hydrogens is 422 g/mol. The number of rotatable bonds is 31. The minimum atomic E-state index is 1.37. The van der Waals surface area contributed by atoms with E-state index < -0.39 is 0 Å². The molecule has 35 heavy (non-hydrogen) atoms. The Morgan fingerprint density at radius 2 is 0.400 bits per heavy atom. The van der Waals surface area contributed by atoms with Crippen molar-refractivity contribution in [3.05, 3.63) is 0 Å². The highest BCUT2D eigenvalue weighted by Crippen LogP contribution is 2.14. The summed E-state index contributed by atoms with van der Waals surface area (Å²) in [5.41, 5.74) is 0. The summed E-state index contributed by atoms with van der Waals surface area (Å²) in [6.07, 6.45) is 40.6. The van der Waals surface area contributed by atoms with Crippen LogP contribution < -0.4 is 0 Å². The van der Waals surface area contributed by atoms with Gasteiger partial charge in [0.05, 0.1) is 0 Å². The van der Waals surface area contributed by atoms with Gasteiger partial charge in [-0.1, -0.05) is 181 Å². The Morgan fingerprint density at radius 1 is 0.229 bits per heavy atom. The van der Waals surface area contributed by atoms with Gasteiger partial charge >= 0.3 is 0 Å². The highest BCUT2D eigenvalue weighted by Gasteiger charge is 2.05. The fourth-order valence-corrected chi connectivity index (χ4v) is 5.45. The molecule has 1 heteroatoms. The van der Waals surface area contributed by atoms with E-state index in [0.717, 1.165) is 0 Å². The van der Waals surface area contributed by atoms with Crippen molar-refractivity contribution in [1.82, 2.24) is 4.90 Å². The van der Waals surface area contributed by atoms with Crippen molar-refractivity contribution in [2.24, 2.45) is 0 Å². The maximum atomic E-state index is 2.84. The molecule has 0 aromatic heterocycles. The van der Waals surface area contributed by atoms with E-state index in [2.05, 4.69) is 25.7 Å². The van der Waals surface area contributed by atoms with E-state index in [9.17, 15) is 0 Å². The lowest BCUT2D eigenvalue weighted by Crippen LogP contribution is -2.27. The molecule has 0 atom stereocenters. The van der Waals surface area contributed by atoms with E-state index in [1.165, 1.54) is 199 Å². The average Bonchev–Trinajstić information content (AvgIpc) is 2.87. The van der Waals surface area contributed by atoms with Crippen molar-refractivity contribution in [3.63, 3.8) is 0 Å². The standard InChI is InChI=1S/C34H71N/c1-4-7-10-13-16-19-22-25-28-31-34-35(32-29-26-23-20-17-14-11-8-5-2)33-30-27-24-21-18-15-12-9-6-3/h4-34H2,1-3H3. The van der Waals surface area contributed by atoms with Gasteiger partial charge in [0.1, 0.15) is 0 Å². The van der Waals surface area contributed by atoms with E-state index in [-0.39, 0.29) is 0 Å². The van der Waals surface area contributed by atoms with Crippen LogP contribution in [0.15, 0.2) is 0 Å². The monoisotopic (exact) mass is 494 g/mol. The van der Waals surface area contributed by atoms with Crippen LogP contribution in [0.1, 0.15) is 201 Å². The van der Waals surface area contributed by atoms with Crippen LogP contribution in [0, 0.1) is 0 Å². The minimum absolute atomic E-state index is 1.37. The van der Waals surface area contributed by atoms with Crippen molar-refractivity contribution in [1.29, 1.82) is 0 Å². The second kappa shape index (κ2) is 32.0. The SMILES string of the molecule is CCCCCCCCCCCCN(CCCCCCCCCCC)CCCCCCCCCCC. The predicted molar refractivity (Wildman–Crippen MR) is 163 cm³/mol. The Labute approximate surface area is 225 Å². The summed E-state index contributed by atoms with van der Waals surface area (Å²) in [4.78, 5) is 2.84. The van der Waals surface area contributed by atoms with Gasteiger partial charge in [0, 0.05) is 0 Å². The third kappa shape index (κ3) is 30.1. The predicted octanol–water partition coefficient (Wildman–Crippen LogP) is 12.3. The number of nitrogens with zero attached hydrogens (tertiary/aromatic N) is 1. The molecule has 0 rings (SSSR count). The van der Waals surface area contributed by atoms with Crippen LogP contribution in [0.2, 0.25) is 0 Å². The molecule has 0 aromatic carbocycles. The molecule has 0 unspecified atom stereocenters. The van der Waals surface area contributed by atoms with Gasteiger partial charge in [0.2, 0.25) is 0 Å². The first-order chi connectivity index (χ1) is 17.3. The molecule has 0 spiro atoms. The molecule has 0 N–H and O–H groups in total. The smallest absolute Gasteiger partial charge is 0.00187 e. The summed E-state index contributed by atoms with van der Waals surface area (Å²) >= 11 is 0. The molecule has 0 saturated heterocycles. The van der Waals surface area contributed by atoms with Crippen LogP contribution in [0.5, 0.6) is 0 Å². The average molecular weight is 494 g/mol. The first kappa shape index (κ1) is 35.0. The summed E-state index contributed by atoms with van der Waals surface area (Å²) in [5.74, 6) is 0. The first-order valence-electron chi connectivity index (χ1n) is 17.1. The molecule has 0 amide bonds. The third-order valence-corrected chi connectivity index (χ3v) is 7.98. The molecule has 0 aliphatic carbocycles. The summed E-state index contributed by atoms with van der Waals surface area (Å²) in [6, 6.07) is 0. The van der Waals surface area contributed by atoms with Gasteiger partial charge in [-0.25, -0.2) is 0 Å². The van der Waals surface area contributed by atoms with Crippen LogP contribution in [-0.2, 0) is 0 Å². The molecule has 0 aliphatic heterocycles. The highest BCUT2D eigenvalue weighted by atomic mass is 15.1. The molecule has 0 bridgehead atoms. The molecule has 0 saturated carbocycles. The number of unbranched alkanes of at least 4 members (excludes halogenated alkanes) is 25. The normalized spacial score (nSPS) is 11.7. The van der Waals surface area contributed by atoms with Gasteiger partial charge in [-0.2, -0.15) is 0 Å². The van der Waals surface area contributed by atoms with Gasteiger partial charge in [-0.3, -0.25) is 0 Å². The molecule has 212 valence electrons. The Balaban J connectivity index is 3.85. The molecule has 0 heterocycles. The van der Waals surface area contributed by atoms with Gasteiger partial charge in [-0.15, -0.1) is 0 Å². The quantitative estimate of drug-likeness (QED) is 0.0867. The fourth-order valence-electron chi connectivity index (χ4n) is 5.45. The molecule has 0 fully saturated rings. The summed E-state index contributed by atoms with van der Waals surface area (Å²) in [6.45, 7) is 11.0. The highest BCUT2D eigenvalue weighted by molar-refractivity contribution is 4.61. The van der Waals surface area contributed by atoms with Crippen molar-refractivity contribution in [3.8, 4) is 0 Å². The van der Waals surface area contributed by atoms with E-state index in [1.54, 1.807) is 0 Å². The maximum Gasteiger partial charge on any atom is -0.00187 e. The second-order valence-electron chi connectivity index (χ2n) is 11.7. The summed E-state index contributed by atoms with van der Waals surface area (Å²) in [5, 5.41) is 0. The largest absolute Gasteiger partial charge is 0.303 e. The Bertz CT molecular complexity index is 330. The molecule has 1 nitrogen and oxygen atoms in total. The van der Waals surface area contributed by atoms with Crippen LogP contribution in [0.3, 0.4) is 0 Å². The van der Waals surface area contributed by atoms with Gasteiger partial charge in [0.15, 0.2) is 0 Å². The first-order valence-corrected chi connectivity index (χ1v) is 17.1. The molecule has 0 aromatic rings.